The first-order chi connectivity index (χ1) is 12.6. The van der Waals surface area contributed by atoms with Crippen LogP contribution >= 0.6 is 22.7 Å². The molecule has 0 saturated carbocycles. The molecule has 1 saturated heterocycles. The van der Waals surface area contributed by atoms with E-state index in [2.05, 4.69) is 18.8 Å². The normalized spacial score (nSPS) is 15.7. The van der Waals surface area contributed by atoms with Crippen molar-refractivity contribution in [2.45, 2.75) is 39.2 Å². The fourth-order valence-electron chi connectivity index (χ4n) is 3.76. The van der Waals surface area contributed by atoms with Gasteiger partial charge in [-0.25, -0.2) is 4.98 Å². The lowest BCUT2D eigenvalue weighted by molar-refractivity contribution is 0.0698. The molecule has 1 aliphatic heterocycles. The molecule has 26 heavy (non-hydrogen) atoms. The molecule has 4 rings (SSSR count). The van der Waals surface area contributed by atoms with Crippen LogP contribution in [-0.2, 0) is 6.42 Å². The predicted molar refractivity (Wildman–Crippen MR) is 106 cm³/mol. The van der Waals surface area contributed by atoms with Crippen molar-refractivity contribution in [2.75, 3.05) is 13.1 Å². The van der Waals surface area contributed by atoms with Gasteiger partial charge in [-0.05, 0) is 43.2 Å². The first-order valence-corrected chi connectivity index (χ1v) is 10.6. The van der Waals surface area contributed by atoms with E-state index in [-0.39, 0.29) is 17.5 Å². The van der Waals surface area contributed by atoms with Crippen LogP contribution in [0.5, 0.6) is 0 Å². The summed E-state index contributed by atoms with van der Waals surface area (Å²) >= 11 is 3.08. The second-order valence-corrected chi connectivity index (χ2v) is 8.78. The molecule has 0 bridgehead atoms. The topological polar surface area (TPSA) is 55.2 Å². The van der Waals surface area contributed by atoms with Gasteiger partial charge < -0.3 is 4.90 Å². The molecule has 136 valence electrons. The van der Waals surface area contributed by atoms with Crippen LogP contribution in [-0.4, -0.2) is 33.4 Å². The van der Waals surface area contributed by atoms with Gasteiger partial charge in [-0.2, -0.15) is 0 Å². The van der Waals surface area contributed by atoms with E-state index in [1.54, 1.807) is 22.2 Å². The maximum Gasteiger partial charge on any atom is 0.263 e. The van der Waals surface area contributed by atoms with Crippen molar-refractivity contribution in [2.24, 2.45) is 0 Å². The molecule has 0 radical (unpaired) electrons. The van der Waals surface area contributed by atoms with Crippen molar-refractivity contribution in [1.82, 2.24) is 14.5 Å². The molecule has 1 amide bonds. The Hall–Kier alpha value is -1.99. The van der Waals surface area contributed by atoms with E-state index >= 15 is 0 Å². The van der Waals surface area contributed by atoms with Gasteiger partial charge in [0.1, 0.15) is 4.83 Å². The fourth-order valence-corrected chi connectivity index (χ4v) is 5.52. The molecule has 0 N–H and O–H groups in total. The van der Waals surface area contributed by atoms with Crippen LogP contribution in [0.1, 0.15) is 45.9 Å². The zero-order chi connectivity index (χ0) is 18.3. The number of aromatic nitrogens is 2. The second kappa shape index (κ2) is 6.96. The molecule has 0 aliphatic carbocycles. The Morgan fingerprint density at radius 1 is 1.35 bits per heavy atom. The number of hydrogen-bond donors (Lipinski definition) is 0. The summed E-state index contributed by atoms with van der Waals surface area (Å²) in [6, 6.07) is 3.88. The third kappa shape index (κ3) is 2.89. The van der Waals surface area contributed by atoms with Crippen molar-refractivity contribution in [3.8, 4) is 0 Å². The number of aryl methyl sites for hydroxylation is 2. The number of carbonyl (C=O) groups is 1. The highest BCUT2D eigenvalue weighted by atomic mass is 32.1. The van der Waals surface area contributed by atoms with E-state index in [0.29, 0.717) is 13.1 Å². The average Bonchev–Trinajstić information content (AvgIpc) is 3.29. The van der Waals surface area contributed by atoms with E-state index in [4.69, 9.17) is 0 Å². The second-order valence-electron chi connectivity index (χ2n) is 6.63. The summed E-state index contributed by atoms with van der Waals surface area (Å²) in [6.45, 7) is 5.49. The zero-order valence-electron chi connectivity index (χ0n) is 14.9. The van der Waals surface area contributed by atoms with Gasteiger partial charge in [-0.3, -0.25) is 14.2 Å². The molecule has 0 spiro atoms. The van der Waals surface area contributed by atoms with Crippen LogP contribution in [0.2, 0.25) is 0 Å². The molecule has 4 heterocycles. The quantitative estimate of drug-likeness (QED) is 0.686. The van der Waals surface area contributed by atoms with Gasteiger partial charge in [0.25, 0.3) is 11.5 Å². The van der Waals surface area contributed by atoms with E-state index in [0.717, 1.165) is 39.9 Å². The standard InChI is InChI=1S/C19H21N3O2S2/c1-3-14-12(2)26-17-16(14)19(24)22(11-20-17)13-6-8-21(9-7-13)18(23)15-5-4-10-25-15/h4-5,10-11,13H,3,6-9H2,1-2H3. The highest BCUT2D eigenvalue weighted by molar-refractivity contribution is 7.18. The molecule has 1 aliphatic rings. The van der Waals surface area contributed by atoms with Gasteiger partial charge in [0, 0.05) is 24.0 Å². The van der Waals surface area contributed by atoms with Gasteiger partial charge in [-0.15, -0.1) is 22.7 Å². The van der Waals surface area contributed by atoms with E-state index in [1.807, 2.05) is 22.4 Å². The molecule has 0 aromatic carbocycles. The van der Waals surface area contributed by atoms with Crippen molar-refractivity contribution >= 4 is 38.8 Å². The monoisotopic (exact) mass is 387 g/mol. The first-order valence-electron chi connectivity index (χ1n) is 8.92. The SMILES string of the molecule is CCc1c(C)sc2ncn(C3CCN(C(=O)c4cccs4)CC3)c(=O)c12. The smallest absolute Gasteiger partial charge is 0.263 e. The summed E-state index contributed by atoms with van der Waals surface area (Å²) in [5, 5.41) is 2.71. The molecular formula is C19H21N3O2S2. The summed E-state index contributed by atoms with van der Waals surface area (Å²) in [5.41, 5.74) is 1.20. The van der Waals surface area contributed by atoms with Crippen molar-refractivity contribution in [1.29, 1.82) is 0 Å². The van der Waals surface area contributed by atoms with Gasteiger partial charge in [0.2, 0.25) is 0 Å². The molecule has 3 aromatic rings. The fraction of sp³-hybridized carbons (Fsp3) is 0.421. The minimum absolute atomic E-state index is 0.0687. The number of carbonyl (C=O) groups excluding carboxylic acids is 1. The maximum absolute atomic E-state index is 13.1. The van der Waals surface area contributed by atoms with E-state index in [9.17, 15) is 9.59 Å². The third-order valence-corrected chi connectivity index (χ3v) is 7.08. The van der Waals surface area contributed by atoms with Gasteiger partial charge in [0.05, 0.1) is 16.6 Å². The van der Waals surface area contributed by atoms with E-state index < -0.39 is 0 Å². The van der Waals surface area contributed by atoms with Crippen LogP contribution in [0, 0.1) is 6.92 Å². The van der Waals surface area contributed by atoms with Gasteiger partial charge in [0.15, 0.2) is 0 Å². The van der Waals surface area contributed by atoms with Crippen molar-refractivity contribution in [3.63, 3.8) is 0 Å². The average molecular weight is 388 g/mol. The molecule has 0 unspecified atom stereocenters. The first kappa shape index (κ1) is 17.4. The number of hydrogen-bond acceptors (Lipinski definition) is 5. The highest BCUT2D eigenvalue weighted by Gasteiger charge is 2.26. The Morgan fingerprint density at radius 2 is 2.12 bits per heavy atom. The summed E-state index contributed by atoms with van der Waals surface area (Å²) in [7, 11) is 0. The number of piperidine rings is 1. The minimum Gasteiger partial charge on any atom is -0.338 e. The summed E-state index contributed by atoms with van der Waals surface area (Å²) in [5.74, 6) is 0.0982. The molecule has 3 aromatic heterocycles. The van der Waals surface area contributed by atoms with Crippen molar-refractivity contribution < 1.29 is 4.79 Å². The Balaban J connectivity index is 1.57. The molecular weight excluding hydrogens is 366 g/mol. The Labute approximate surface area is 159 Å². The Bertz CT molecular complexity index is 996. The zero-order valence-corrected chi connectivity index (χ0v) is 16.5. The number of rotatable bonds is 3. The lowest BCUT2D eigenvalue weighted by atomic mass is 10.0. The Morgan fingerprint density at radius 3 is 2.77 bits per heavy atom. The molecule has 5 nitrogen and oxygen atoms in total. The molecule has 0 atom stereocenters. The maximum atomic E-state index is 13.1. The lowest BCUT2D eigenvalue weighted by Crippen LogP contribution is -2.40. The van der Waals surface area contributed by atoms with Crippen LogP contribution in [0.15, 0.2) is 28.6 Å². The Kier molecular flexibility index (Phi) is 4.67. The minimum atomic E-state index is 0.0687. The van der Waals surface area contributed by atoms with Crippen LogP contribution in [0.25, 0.3) is 10.2 Å². The van der Waals surface area contributed by atoms with Gasteiger partial charge >= 0.3 is 0 Å². The number of fused-ring (bicyclic) bond motifs is 1. The van der Waals surface area contributed by atoms with Crippen LogP contribution in [0.3, 0.4) is 0 Å². The highest BCUT2D eigenvalue weighted by Crippen LogP contribution is 2.29. The molecule has 1 fully saturated rings. The number of amides is 1. The number of thiophene rings is 2. The van der Waals surface area contributed by atoms with E-state index in [1.165, 1.54) is 16.2 Å². The van der Waals surface area contributed by atoms with Crippen LogP contribution < -0.4 is 5.56 Å². The summed E-state index contributed by atoms with van der Waals surface area (Å²) < 4.78 is 1.79. The largest absolute Gasteiger partial charge is 0.338 e. The van der Waals surface area contributed by atoms with Crippen molar-refractivity contribution in [3.05, 3.63) is 49.5 Å². The lowest BCUT2D eigenvalue weighted by Gasteiger charge is -2.32. The third-order valence-electron chi connectivity index (χ3n) is 5.17. The predicted octanol–water partition coefficient (Wildman–Crippen LogP) is 3.87. The number of likely N-dealkylation sites (tertiary alicyclic amines) is 1. The van der Waals surface area contributed by atoms with Gasteiger partial charge in [-0.1, -0.05) is 13.0 Å². The summed E-state index contributed by atoms with van der Waals surface area (Å²) in [6.07, 6.45) is 4.12. The van der Waals surface area contributed by atoms with Crippen LogP contribution in [0.4, 0.5) is 0 Å². The number of nitrogens with zero attached hydrogens (tertiary/aromatic N) is 3. The summed E-state index contributed by atoms with van der Waals surface area (Å²) in [4.78, 5) is 34.8. The molecule has 7 heteroatoms.